The minimum atomic E-state index is -1.64. The molecule has 1 aromatic rings. The number of benzene rings is 1. The Kier molecular flexibility index (Phi) is 2.55. The molecule has 6 nitrogen and oxygen atoms in total. The van der Waals surface area contributed by atoms with Gasteiger partial charge in [-0.25, -0.2) is 4.79 Å². The SMILES string of the molecule is COc1ccc([C@@]2(C=O)NC(=O)NC2=O)cc1. The number of methoxy groups -OCH3 is 1. The fraction of sp³-hybridized carbons (Fsp3) is 0.182. The zero-order chi connectivity index (χ0) is 12.5. The molecule has 0 saturated carbocycles. The Morgan fingerprint density at radius 1 is 1.24 bits per heavy atom. The minimum Gasteiger partial charge on any atom is -0.497 e. The first-order chi connectivity index (χ1) is 8.12. The molecule has 3 amide bonds. The summed E-state index contributed by atoms with van der Waals surface area (Å²) in [5.74, 6) is -0.0813. The Morgan fingerprint density at radius 2 is 1.88 bits per heavy atom. The molecular formula is C11H10N2O4. The van der Waals surface area contributed by atoms with Crippen molar-refractivity contribution in [2.24, 2.45) is 0 Å². The molecule has 0 spiro atoms. The van der Waals surface area contributed by atoms with Gasteiger partial charge < -0.3 is 10.1 Å². The molecule has 0 aliphatic carbocycles. The number of hydrogen-bond acceptors (Lipinski definition) is 4. The Hall–Kier alpha value is -2.37. The predicted octanol–water partition coefficient (Wildman–Crippen LogP) is -0.0712. The molecule has 1 saturated heterocycles. The lowest BCUT2D eigenvalue weighted by atomic mass is 9.92. The maximum absolute atomic E-state index is 11.6. The van der Waals surface area contributed by atoms with E-state index < -0.39 is 17.5 Å². The molecule has 17 heavy (non-hydrogen) atoms. The molecule has 6 heteroatoms. The smallest absolute Gasteiger partial charge is 0.322 e. The van der Waals surface area contributed by atoms with Crippen LogP contribution in [0, 0.1) is 0 Å². The highest BCUT2D eigenvalue weighted by Crippen LogP contribution is 2.24. The zero-order valence-electron chi connectivity index (χ0n) is 9.02. The molecule has 1 fully saturated rings. The molecule has 1 heterocycles. The largest absolute Gasteiger partial charge is 0.497 e. The molecule has 0 radical (unpaired) electrons. The Bertz CT molecular complexity index is 483. The third-order valence-electron chi connectivity index (χ3n) is 2.62. The van der Waals surface area contributed by atoms with Gasteiger partial charge in [-0.15, -0.1) is 0 Å². The number of carbonyl (C=O) groups is 3. The summed E-state index contributed by atoms with van der Waals surface area (Å²) in [5.41, 5.74) is -1.25. The van der Waals surface area contributed by atoms with Crippen LogP contribution in [0.15, 0.2) is 24.3 Å². The number of nitrogens with one attached hydrogen (secondary N) is 2. The summed E-state index contributed by atoms with van der Waals surface area (Å²) in [6.07, 6.45) is 0.412. The molecule has 2 rings (SSSR count). The number of rotatable bonds is 3. The lowest BCUT2D eigenvalue weighted by Gasteiger charge is -2.19. The number of aldehydes is 1. The highest BCUT2D eigenvalue weighted by Gasteiger charge is 2.47. The normalized spacial score (nSPS) is 22.9. The highest BCUT2D eigenvalue weighted by molar-refractivity contribution is 6.15. The van der Waals surface area contributed by atoms with Crippen molar-refractivity contribution in [3.05, 3.63) is 29.8 Å². The summed E-state index contributed by atoms with van der Waals surface area (Å²) < 4.78 is 4.97. The van der Waals surface area contributed by atoms with Gasteiger partial charge in [-0.2, -0.15) is 0 Å². The van der Waals surface area contributed by atoms with E-state index in [0.717, 1.165) is 0 Å². The van der Waals surface area contributed by atoms with Gasteiger partial charge >= 0.3 is 6.03 Å². The van der Waals surface area contributed by atoms with Crippen LogP contribution in [0.5, 0.6) is 5.75 Å². The number of carbonyl (C=O) groups excluding carboxylic acids is 3. The quantitative estimate of drug-likeness (QED) is 0.435. The molecule has 0 unspecified atom stereocenters. The van der Waals surface area contributed by atoms with Crippen LogP contribution in [-0.2, 0) is 15.1 Å². The molecule has 2 N–H and O–H groups in total. The Labute approximate surface area is 96.9 Å². The molecular weight excluding hydrogens is 224 g/mol. The van der Waals surface area contributed by atoms with E-state index in [2.05, 4.69) is 5.32 Å². The van der Waals surface area contributed by atoms with E-state index in [1.807, 2.05) is 5.32 Å². The summed E-state index contributed by atoms with van der Waals surface area (Å²) in [5, 5.41) is 4.35. The summed E-state index contributed by atoms with van der Waals surface area (Å²) in [6, 6.07) is 5.64. The van der Waals surface area contributed by atoms with Crippen molar-refractivity contribution in [1.82, 2.24) is 10.6 Å². The fourth-order valence-corrected chi connectivity index (χ4v) is 1.68. The van der Waals surface area contributed by atoms with E-state index in [-0.39, 0.29) is 0 Å². The maximum atomic E-state index is 11.6. The molecule has 0 aromatic heterocycles. The molecule has 1 atom stereocenters. The third-order valence-corrected chi connectivity index (χ3v) is 2.62. The second-order valence-electron chi connectivity index (χ2n) is 3.56. The zero-order valence-corrected chi connectivity index (χ0v) is 9.02. The first kappa shape index (κ1) is 11.1. The topological polar surface area (TPSA) is 84.5 Å². The lowest BCUT2D eigenvalue weighted by Crippen LogP contribution is -2.45. The van der Waals surface area contributed by atoms with Crippen LogP contribution in [-0.4, -0.2) is 25.3 Å². The molecule has 1 aromatic carbocycles. The fourth-order valence-electron chi connectivity index (χ4n) is 1.68. The van der Waals surface area contributed by atoms with Crippen LogP contribution in [0.3, 0.4) is 0 Å². The summed E-state index contributed by atoms with van der Waals surface area (Å²) >= 11 is 0. The van der Waals surface area contributed by atoms with Gasteiger partial charge in [-0.3, -0.25) is 14.9 Å². The van der Waals surface area contributed by atoms with Gasteiger partial charge in [-0.1, -0.05) is 12.1 Å². The van der Waals surface area contributed by atoms with E-state index in [1.165, 1.54) is 7.11 Å². The van der Waals surface area contributed by atoms with Crippen LogP contribution >= 0.6 is 0 Å². The molecule has 1 aliphatic heterocycles. The maximum Gasteiger partial charge on any atom is 0.322 e. The van der Waals surface area contributed by atoms with E-state index in [4.69, 9.17) is 4.74 Å². The third kappa shape index (κ3) is 1.63. The summed E-state index contributed by atoms with van der Waals surface area (Å²) in [6.45, 7) is 0. The van der Waals surface area contributed by atoms with Gasteiger partial charge in [0.2, 0.25) is 5.54 Å². The number of ether oxygens (including phenoxy) is 1. The van der Waals surface area contributed by atoms with E-state index in [0.29, 0.717) is 17.6 Å². The van der Waals surface area contributed by atoms with Gasteiger partial charge in [0.25, 0.3) is 5.91 Å². The van der Waals surface area contributed by atoms with E-state index in [9.17, 15) is 14.4 Å². The van der Waals surface area contributed by atoms with Crippen LogP contribution < -0.4 is 15.4 Å². The van der Waals surface area contributed by atoms with Crippen molar-refractivity contribution >= 4 is 18.2 Å². The monoisotopic (exact) mass is 234 g/mol. The number of imide groups is 1. The molecule has 88 valence electrons. The first-order valence-electron chi connectivity index (χ1n) is 4.87. The second-order valence-corrected chi connectivity index (χ2v) is 3.56. The van der Waals surface area contributed by atoms with Gasteiger partial charge in [0, 0.05) is 0 Å². The number of amides is 3. The van der Waals surface area contributed by atoms with Gasteiger partial charge in [0.05, 0.1) is 7.11 Å². The van der Waals surface area contributed by atoms with Crippen LogP contribution in [0.25, 0.3) is 0 Å². The van der Waals surface area contributed by atoms with Crippen molar-refractivity contribution in [2.45, 2.75) is 5.54 Å². The average Bonchev–Trinajstić information content (AvgIpc) is 2.65. The van der Waals surface area contributed by atoms with Crippen molar-refractivity contribution in [1.29, 1.82) is 0 Å². The molecule has 1 aliphatic rings. The van der Waals surface area contributed by atoms with Crippen LogP contribution in [0.2, 0.25) is 0 Å². The average molecular weight is 234 g/mol. The summed E-state index contributed by atoms with van der Waals surface area (Å²) in [4.78, 5) is 33.9. The van der Waals surface area contributed by atoms with Gasteiger partial charge in [0.15, 0.2) is 6.29 Å². The number of urea groups is 1. The van der Waals surface area contributed by atoms with Gasteiger partial charge in [0.1, 0.15) is 5.75 Å². The molecule has 0 bridgehead atoms. The minimum absolute atomic E-state index is 0.386. The standard InChI is InChI=1S/C11H10N2O4/c1-17-8-4-2-7(3-5-8)11(6-14)9(15)12-10(16)13-11/h2-6H,1H3,(H2,12,13,15,16)/t11-/m1/s1. The first-order valence-corrected chi connectivity index (χ1v) is 4.87. The Balaban J connectivity index is 2.44. The highest BCUT2D eigenvalue weighted by atomic mass is 16.5. The van der Waals surface area contributed by atoms with Crippen molar-refractivity contribution < 1.29 is 19.1 Å². The van der Waals surface area contributed by atoms with Gasteiger partial charge in [-0.05, 0) is 17.7 Å². The lowest BCUT2D eigenvalue weighted by molar-refractivity contribution is -0.129. The van der Waals surface area contributed by atoms with Crippen molar-refractivity contribution in [3.8, 4) is 5.75 Å². The number of hydrogen-bond donors (Lipinski definition) is 2. The van der Waals surface area contributed by atoms with E-state index >= 15 is 0 Å². The predicted molar refractivity (Wildman–Crippen MR) is 57.4 cm³/mol. The second kappa shape index (κ2) is 3.89. The van der Waals surface area contributed by atoms with Crippen LogP contribution in [0.4, 0.5) is 4.79 Å². The van der Waals surface area contributed by atoms with E-state index in [1.54, 1.807) is 24.3 Å². The van der Waals surface area contributed by atoms with Crippen molar-refractivity contribution in [3.63, 3.8) is 0 Å². The summed E-state index contributed by atoms with van der Waals surface area (Å²) in [7, 11) is 1.51. The van der Waals surface area contributed by atoms with Crippen LogP contribution in [0.1, 0.15) is 5.56 Å². The Morgan fingerprint density at radius 3 is 2.29 bits per heavy atom. The van der Waals surface area contributed by atoms with Crippen molar-refractivity contribution in [2.75, 3.05) is 7.11 Å².